The van der Waals surface area contributed by atoms with E-state index in [9.17, 15) is 5.11 Å². The Morgan fingerprint density at radius 1 is 1.14 bits per heavy atom. The van der Waals surface area contributed by atoms with Crippen molar-refractivity contribution < 1.29 is 5.11 Å². The molecule has 4 aliphatic carbocycles. The monoisotopic (exact) mass is 284 g/mol. The van der Waals surface area contributed by atoms with Gasteiger partial charge < -0.3 is 5.11 Å². The Bertz CT molecular complexity index is 498. The van der Waals surface area contributed by atoms with E-state index in [0.717, 1.165) is 30.1 Å². The maximum absolute atomic E-state index is 9.90. The van der Waals surface area contributed by atoms with Crippen LogP contribution in [0.1, 0.15) is 58.3 Å². The third kappa shape index (κ3) is 1.95. The molecule has 0 aromatic rings. The molecular formula is C20H28O. The first-order chi connectivity index (χ1) is 10.1. The van der Waals surface area contributed by atoms with Crippen molar-refractivity contribution in [1.29, 1.82) is 0 Å². The molecule has 0 spiro atoms. The van der Waals surface area contributed by atoms with Crippen molar-refractivity contribution in [3.05, 3.63) is 11.6 Å². The van der Waals surface area contributed by atoms with E-state index in [1.165, 1.54) is 44.9 Å². The Morgan fingerprint density at radius 2 is 2.00 bits per heavy atom. The number of hydrogen-bond donors (Lipinski definition) is 1. The molecule has 0 aromatic carbocycles. The predicted molar refractivity (Wildman–Crippen MR) is 85.4 cm³/mol. The summed E-state index contributed by atoms with van der Waals surface area (Å²) in [5.41, 5.74) is 2.01. The topological polar surface area (TPSA) is 20.2 Å². The summed E-state index contributed by atoms with van der Waals surface area (Å²) in [6, 6.07) is 0. The Balaban J connectivity index is 1.62. The van der Waals surface area contributed by atoms with Crippen LogP contribution in [0.2, 0.25) is 0 Å². The predicted octanol–water partition coefficient (Wildman–Crippen LogP) is 4.17. The second-order valence-electron chi connectivity index (χ2n) is 8.31. The van der Waals surface area contributed by atoms with Crippen LogP contribution in [-0.2, 0) is 0 Å². The van der Waals surface area contributed by atoms with Crippen LogP contribution in [0.15, 0.2) is 11.6 Å². The highest BCUT2D eigenvalue weighted by Gasteiger charge is 2.55. The Labute approximate surface area is 129 Å². The molecule has 0 aliphatic heterocycles. The number of hydrogen-bond acceptors (Lipinski definition) is 1. The lowest BCUT2D eigenvalue weighted by atomic mass is 9.51. The van der Waals surface area contributed by atoms with Crippen molar-refractivity contribution in [2.24, 2.45) is 35.0 Å². The van der Waals surface area contributed by atoms with E-state index in [4.69, 9.17) is 6.42 Å². The van der Waals surface area contributed by atoms with Gasteiger partial charge in [0.15, 0.2) is 0 Å². The maximum atomic E-state index is 9.90. The number of rotatable bonds is 0. The molecular weight excluding hydrogens is 256 g/mol. The average molecular weight is 284 g/mol. The van der Waals surface area contributed by atoms with Crippen molar-refractivity contribution >= 4 is 0 Å². The van der Waals surface area contributed by atoms with Crippen LogP contribution in [0.3, 0.4) is 0 Å². The Hall–Kier alpha value is -0.740. The summed E-state index contributed by atoms with van der Waals surface area (Å²) in [6.07, 6.45) is 17.9. The first-order valence-electron chi connectivity index (χ1n) is 8.98. The zero-order valence-corrected chi connectivity index (χ0v) is 13.2. The van der Waals surface area contributed by atoms with Gasteiger partial charge in [0.2, 0.25) is 0 Å². The van der Waals surface area contributed by atoms with Gasteiger partial charge in [-0.05, 0) is 80.5 Å². The largest absolute Gasteiger partial charge is 0.389 e. The summed E-state index contributed by atoms with van der Waals surface area (Å²) in [7, 11) is 0. The number of aliphatic hydroxyl groups excluding tert-OH is 1. The van der Waals surface area contributed by atoms with Crippen molar-refractivity contribution in [1.82, 2.24) is 0 Å². The summed E-state index contributed by atoms with van der Waals surface area (Å²) in [4.78, 5) is 0. The van der Waals surface area contributed by atoms with E-state index in [0.29, 0.717) is 11.3 Å². The summed E-state index contributed by atoms with van der Waals surface area (Å²) in [5, 5.41) is 9.90. The average Bonchev–Trinajstić information content (AvgIpc) is 2.83. The van der Waals surface area contributed by atoms with Crippen LogP contribution in [0.5, 0.6) is 0 Å². The lowest BCUT2D eigenvalue weighted by Gasteiger charge is -2.53. The molecule has 1 N–H and O–H groups in total. The van der Waals surface area contributed by atoms with E-state index in [1.807, 2.05) is 0 Å². The SMILES string of the molecule is C#CC1CCC2C3CCC4=CC(O)CCC4C3CCC12C. The van der Waals surface area contributed by atoms with E-state index < -0.39 is 0 Å². The molecule has 0 bridgehead atoms. The van der Waals surface area contributed by atoms with Crippen LogP contribution in [0.25, 0.3) is 0 Å². The van der Waals surface area contributed by atoms with E-state index in [1.54, 1.807) is 5.57 Å². The maximum Gasteiger partial charge on any atom is 0.0723 e. The third-order valence-corrected chi connectivity index (χ3v) is 7.63. The van der Waals surface area contributed by atoms with Crippen molar-refractivity contribution in [3.63, 3.8) is 0 Å². The molecule has 1 heteroatoms. The highest BCUT2D eigenvalue weighted by atomic mass is 16.3. The molecule has 3 saturated carbocycles. The fraction of sp³-hybridized carbons (Fsp3) is 0.800. The zero-order valence-electron chi connectivity index (χ0n) is 13.2. The molecule has 3 fully saturated rings. The summed E-state index contributed by atoms with van der Waals surface area (Å²) in [6.45, 7) is 2.49. The van der Waals surface area contributed by atoms with Gasteiger partial charge in [0.25, 0.3) is 0 Å². The molecule has 4 rings (SSSR count). The highest BCUT2D eigenvalue weighted by molar-refractivity contribution is 5.21. The second-order valence-corrected chi connectivity index (χ2v) is 8.31. The van der Waals surface area contributed by atoms with Crippen molar-refractivity contribution in [2.45, 2.75) is 64.4 Å². The van der Waals surface area contributed by atoms with Crippen LogP contribution < -0.4 is 0 Å². The lowest BCUT2D eigenvalue weighted by molar-refractivity contribution is -0.0153. The molecule has 7 atom stereocenters. The minimum absolute atomic E-state index is 0.168. The smallest absolute Gasteiger partial charge is 0.0723 e. The molecule has 0 amide bonds. The lowest BCUT2D eigenvalue weighted by Crippen LogP contribution is -2.46. The highest BCUT2D eigenvalue weighted by Crippen LogP contribution is 2.63. The minimum Gasteiger partial charge on any atom is -0.389 e. The summed E-state index contributed by atoms with van der Waals surface area (Å²) >= 11 is 0. The number of fused-ring (bicyclic) bond motifs is 5. The van der Waals surface area contributed by atoms with Gasteiger partial charge in [0.1, 0.15) is 0 Å². The quantitative estimate of drug-likeness (QED) is 0.523. The first kappa shape index (κ1) is 13.9. The molecule has 0 aromatic heterocycles. The third-order valence-electron chi connectivity index (χ3n) is 7.63. The normalized spacial score (nSPS) is 52.1. The molecule has 0 heterocycles. The number of allylic oxidation sites excluding steroid dienone is 1. The van der Waals surface area contributed by atoms with Gasteiger partial charge in [0, 0.05) is 5.92 Å². The Kier molecular flexibility index (Phi) is 3.23. The van der Waals surface area contributed by atoms with Gasteiger partial charge in [-0.25, -0.2) is 0 Å². The molecule has 0 saturated heterocycles. The number of terminal acetylenes is 1. The van der Waals surface area contributed by atoms with Crippen LogP contribution in [0, 0.1) is 47.3 Å². The Morgan fingerprint density at radius 3 is 2.81 bits per heavy atom. The van der Waals surface area contributed by atoms with Crippen molar-refractivity contribution in [3.8, 4) is 12.3 Å². The standard InChI is InChI=1S/C20H28O/c1-3-14-5-9-19-18-7-4-13-12-15(21)6-8-16(13)17(18)10-11-20(14,19)2/h1,12,14-19,21H,4-11H2,2H3. The van der Waals surface area contributed by atoms with Gasteiger partial charge in [-0.3, -0.25) is 0 Å². The fourth-order valence-corrected chi connectivity index (χ4v) is 6.59. The van der Waals surface area contributed by atoms with Gasteiger partial charge in [-0.15, -0.1) is 12.3 Å². The molecule has 114 valence electrons. The minimum atomic E-state index is -0.168. The van der Waals surface area contributed by atoms with Crippen LogP contribution in [-0.4, -0.2) is 11.2 Å². The molecule has 7 unspecified atom stereocenters. The van der Waals surface area contributed by atoms with E-state index in [2.05, 4.69) is 18.9 Å². The summed E-state index contributed by atoms with van der Waals surface area (Å²) < 4.78 is 0. The second kappa shape index (κ2) is 4.88. The van der Waals surface area contributed by atoms with Gasteiger partial charge in [-0.1, -0.05) is 18.6 Å². The van der Waals surface area contributed by atoms with E-state index in [-0.39, 0.29) is 6.10 Å². The summed E-state index contributed by atoms with van der Waals surface area (Å²) in [5.74, 6) is 7.07. The fourth-order valence-electron chi connectivity index (χ4n) is 6.59. The number of aliphatic hydroxyl groups is 1. The molecule has 1 nitrogen and oxygen atoms in total. The zero-order chi connectivity index (χ0) is 14.6. The molecule has 4 aliphatic rings. The van der Waals surface area contributed by atoms with Crippen LogP contribution >= 0.6 is 0 Å². The van der Waals surface area contributed by atoms with Crippen LogP contribution in [0.4, 0.5) is 0 Å². The van der Waals surface area contributed by atoms with Gasteiger partial charge >= 0.3 is 0 Å². The first-order valence-corrected chi connectivity index (χ1v) is 8.98. The molecule has 21 heavy (non-hydrogen) atoms. The molecule has 0 radical (unpaired) electrons. The van der Waals surface area contributed by atoms with E-state index >= 15 is 0 Å². The van der Waals surface area contributed by atoms with Crippen molar-refractivity contribution in [2.75, 3.05) is 0 Å². The van der Waals surface area contributed by atoms with Gasteiger partial charge in [0.05, 0.1) is 6.10 Å². The van der Waals surface area contributed by atoms with Gasteiger partial charge in [-0.2, -0.15) is 0 Å².